The zero-order valence-corrected chi connectivity index (χ0v) is 11.7. The van der Waals surface area contributed by atoms with E-state index in [-0.39, 0.29) is 6.04 Å². The summed E-state index contributed by atoms with van der Waals surface area (Å²) in [5, 5.41) is 0. The van der Waals surface area contributed by atoms with Crippen LogP contribution in [0.3, 0.4) is 0 Å². The topological polar surface area (TPSA) is 26.0 Å². The van der Waals surface area contributed by atoms with Gasteiger partial charge in [0.25, 0.3) is 0 Å². The number of rotatable bonds is 7. The molecule has 4 unspecified atom stereocenters. The lowest BCUT2D eigenvalue weighted by molar-refractivity contribution is 0.345. The molecular formula is C15H29N. The summed E-state index contributed by atoms with van der Waals surface area (Å²) in [5.74, 6) is 1.60. The highest BCUT2D eigenvalue weighted by molar-refractivity contribution is 5.03. The smallest absolute Gasteiger partial charge is 0.0163 e. The maximum absolute atomic E-state index is 6.31. The minimum atomic E-state index is 0.196. The summed E-state index contributed by atoms with van der Waals surface area (Å²) in [6.45, 7) is 14.8. The van der Waals surface area contributed by atoms with Crippen LogP contribution in [0.15, 0.2) is 24.3 Å². The molecule has 0 heterocycles. The fraction of sp³-hybridized carbons (Fsp3) is 0.733. The van der Waals surface area contributed by atoms with Crippen LogP contribution in [0.2, 0.25) is 0 Å². The molecule has 2 N–H and O–H groups in total. The highest BCUT2D eigenvalue weighted by Crippen LogP contribution is 2.24. The van der Waals surface area contributed by atoms with Crippen molar-refractivity contribution in [2.75, 3.05) is 0 Å². The van der Waals surface area contributed by atoms with Gasteiger partial charge in [-0.05, 0) is 38.0 Å². The van der Waals surface area contributed by atoms with Crippen LogP contribution in [0.5, 0.6) is 0 Å². The first-order valence-corrected chi connectivity index (χ1v) is 6.45. The summed E-state index contributed by atoms with van der Waals surface area (Å²) in [4.78, 5) is 0. The van der Waals surface area contributed by atoms with E-state index < -0.39 is 0 Å². The molecule has 0 aliphatic rings. The minimum Gasteiger partial charge on any atom is -0.327 e. The molecule has 0 fully saturated rings. The maximum atomic E-state index is 6.31. The number of allylic oxidation sites excluding steroid dienone is 1. The van der Waals surface area contributed by atoms with Gasteiger partial charge < -0.3 is 5.73 Å². The van der Waals surface area contributed by atoms with Gasteiger partial charge in [0.15, 0.2) is 0 Å². The SMILES string of the molecule is C=CC(C)C(N)C(C=C(C)C)CC(C)CC. The summed E-state index contributed by atoms with van der Waals surface area (Å²) in [6, 6.07) is 0.196. The van der Waals surface area contributed by atoms with Gasteiger partial charge >= 0.3 is 0 Å². The molecule has 0 aliphatic heterocycles. The van der Waals surface area contributed by atoms with Crippen LogP contribution in [0.1, 0.15) is 47.5 Å². The first-order valence-electron chi connectivity index (χ1n) is 6.45. The Kier molecular flexibility index (Phi) is 7.40. The zero-order chi connectivity index (χ0) is 12.7. The van der Waals surface area contributed by atoms with Gasteiger partial charge in [-0.15, -0.1) is 6.58 Å². The van der Waals surface area contributed by atoms with Gasteiger partial charge in [0.05, 0.1) is 0 Å². The van der Waals surface area contributed by atoms with E-state index in [0.717, 1.165) is 5.92 Å². The van der Waals surface area contributed by atoms with Crippen molar-refractivity contribution < 1.29 is 0 Å². The summed E-state index contributed by atoms with van der Waals surface area (Å²) in [5.41, 5.74) is 7.67. The van der Waals surface area contributed by atoms with Gasteiger partial charge in [0.2, 0.25) is 0 Å². The highest BCUT2D eigenvalue weighted by atomic mass is 14.7. The van der Waals surface area contributed by atoms with E-state index in [9.17, 15) is 0 Å². The van der Waals surface area contributed by atoms with E-state index >= 15 is 0 Å². The van der Waals surface area contributed by atoms with Crippen LogP contribution < -0.4 is 5.73 Å². The molecular weight excluding hydrogens is 194 g/mol. The number of hydrogen-bond acceptors (Lipinski definition) is 1. The average Bonchev–Trinajstić information content (AvgIpc) is 2.25. The Morgan fingerprint density at radius 3 is 2.25 bits per heavy atom. The molecule has 0 aliphatic carbocycles. The summed E-state index contributed by atoms with van der Waals surface area (Å²) in [6.07, 6.45) is 6.70. The predicted molar refractivity (Wildman–Crippen MR) is 74.3 cm³/mol. The van der Waals surface area contributed by atoms with Crippen LogP contribution in [-0.4, -0.2) is 6.04 Å². The highest BCUT2D eigenvalue weighted by Gasteiger charge is 2.21. The third kappa shape index (κ3) is 5.50. The number of hydrogen-bond donors (Lipinski definition) is 1. The Balaban J connectivity index is 4.66. The van der Waals surface area contributed by atoms with Crippen molar-refractivity contribution in [2.24, 2.45) is 23.5 Å². The van der Waals surface area contributed by atoms with Crippen LogP contribution in [0.25, 0.3) is 0 Å². The van der Waals surface area contributed by atoms with Gasteiger partial charge in [0, 0.05) is 6.04 Å². The normalized spacial score (nSPS) is 18.4. The maximum Gasteiger partial charge on any atom is 0.0163 e. The molecule has 0 saturated carbocycles. The fourth-order valence-corrected chi connectivity index (χ4v) is 1.94. The lowest BCUT2D eigenvalue weighted by atomic mass is 9.82. The monoisotopic (exact) mass is 223 g/mol. The van der Waals surface area contributed by atoms with E-state index in [0.29, 0.717) is 11.8 Å². The molecule has 1 nitrogen and oxygen atoms in total. The van der Waals surface area contributed by atoms with E-state index in [1.165, 1.54) is 18.4 Å². The van der Waals surface area contributed by atoms with Crippen LogP contribution >= 0.6 is 0 Å². The first kappa shape index (κ1) is 15.4. The Morgan fingerprint density at radius 1 is 1.31 bits per heavy atom. The molecule has 0 aromatic heterocycles. The molecule has 16 heavy (non-hydrogen) atoms. The predicted octanol–water partition coefficient (Wildman–Crippen LogP) is 4.15. The van der Waals surface area contributed by atoms with Gasteiger partial charge in [0.1, 0.15) is 0 Å². The Morgan fingerprint density at radius 2 is 1.88 bits per heavy atom. The van der Waals surface area contributed by atoms with Gasteiger partial charge in [-0.1, -0.05) is 44.9 Å². The van der Waals surface area contributed by atoms with Crippen LogP contribution in [0, 0.1) is 17.8 Å². The van der Waals surface area contributed by atoms with E-state index in [1.54, 1.807) is 0 Å². The molecule has 0 aromatic rings. The first-order chi connectivity index (χ1) is 7.42. The average molecular weight is 223 g/mol. The zero-order valence-electron chi connectivity index (χ0n) is 11.7. The molecule has 4 atom stereocenters. The van der Waals surface area contributed by atoms with E-state index in [4.69, 9.17) is 5.73 Å². The summed E-state index contributed by atoms with van der Waals surface area (Å²) < 4.78 is 0. The molecule has 0 rings (SSSR count). The summed E-state index contributed by atoms with van der Waals surface area (Å²) in [7, 11) is 0. The van der Waals surface area contributed by atoms with Gasteiger partial charge in [-0.3, -0.25) is 0 Å². The second-order valence-corrected chi connectivity index (χ2v) is 5.33. The largest absolute Gasteiger partial charge is 0.327 e. The van der Waals surface area contributed by atoms with E-state index in [2.05, 4.69) is 47.3 Å². The molecule has 0 amide bonds. The van der Waals surface area contributed by atoms with Crippen molar-refractivity contribution in [1.82, 2.24) is 0 Å². The molecule has 0 saturated heterocycles. The second kappa shape index (κ2) is 7.67. The van der Waals surface area contributed by atoms with Gasteiger partial charge in [-0.25, -0.2) is 0 Å². The Labute approximate surface area is 102 Å². The summed E-state index contributed by atoms with van der Waals surface area (Å²) >= 11 is 0. The van der Waals surface area contributed by atoms with E-state index in [1.807, 2.05) is 6.08 Å². The van der Waals surface area contributed by atoms with Crippen molar-refractivity contribution in [3.8, 4) is 0 Å². The van der Waals surface area contributed by atoms with Gasteiger partial charge in [-0.2, -0.15) is 0 Å². The van der Waals surface area contributed by atoms with Crippen LogP contribution in [-0.2, 0) is 0 Å². The molecule has 1 heteroatoms. The molecule has 0 spiro atoms. The van der Waals surface area contributed by atoms with Crippen molar-refractivity contribution in [1.29, 1.82) is 0 Å². The quantitative estimate of drug-likeness (QED) is 0.645. The third-order valence-electron chi connectivity index (χ3n) is 3.39. The van der Waals surface area contributed by atoms with Crippen molar-refractivity contribution >= 4 is 0 Å². The lowest BCUT2D eigenvalue weighted by Gasteiger charge is -2.27. The standard InChI is InChI=1S/C15H29N/c1-7-12(5)10-14(9-11(3)4)15(16)13(6)8-2/h8-9,12-15H,2,7,10,16H2,1,3-6H3. The second-order valence-electron chi connectivity index (χ2n) is 5.33. The fourth-order valence-electron chi connectivity index (χ4n) is 1.94. The number of nitrogens with two attached hydrogens (primary N) is 1. The third-order valence-corrected chi connectivity index (χ3v) is 3.39. The Bertz CT molecular complexity index is 226. The molecule has 0 radical (unpaired) electrons. The van der Waals surface area contributed by atoms with Crippen molar-refractivity contribution in [3.05, 3.63) is 24.3 Å². The Hall–Kier alpha value is -0.560. The molecule has 0 aromatic carbocycles. The van der Waals surface area contributed by atoms with Crippen LogP contribution in [0.4, 0.5) is 0 Å². The lowest BCUT2D eigenvalue weighted by Crippen LogP contribution is -2.35. The van der Waals surface area contributed by atoms with Crippen molar-refractivity contribution in [2.45, 2.75) is 53.5 Å². The minimum absolute atomic E-state index is 0.196. The molecule has 0 bridgehead atoms. The molecule has 94 valence electrons. The van der Waals surface area contributed by atoms with Crippen molar-refractivity contribution in [3.63, 3.8) is 0 Å².